The molecule has 0 saturated carbocycles. The number of alkyl halides is 1. The highest BCUT2D eigenvalue weighted by atomic mass is 79.9. The third kappa shape index (κ3) is 6.37. The van der Waals surface area contributed by atoms with Gasteiger partial charge in [-0.1, -0.05) is 67.0 Å². The first kappa shape index (κ1) is 17.7. The Morgan fingerprint density at radius 3 is 2.25 bits per heavy atom. The summed E-state index contributed by atoms with van der Waals surface area (Å²) in [6.07, 6.45) is 0.837. The molecule has 2 unspecified atom stereocenters. The van der Waals surface area contributed by atoms with Gasteiger partial charge in [0.15, 0.2) is 0 Å². The van der Waals surface area contributed by atoms with E-state index in [2.05, 4.69) is 34.5 Å². The monoisotopic (exact) mass is 361 g/mol. The van der Waals surface area contributed by atoms with Crippen molar-refractivity contribution in [1.29, 1.82) is 0 Å². The zero-order valence-corrected chi connectivity index (χ0v) is 14.7. The Hall–Kier alpha value is -0.390. The summed E-state index contributed by atoms with van der Waals surface area (Å²) in [7, 11) is -3.27. The van der Waals surface area contributed by atoms with Crippen LogP contribution in [0, 0.1) is 5.92 Å². The standard InChI is InChI=1S/C15H24BrNO2S/c1-12(2)9-15(10-16)17-20(18,19)11-13(3)14-7-5-4-6-8-14/h4-8,12-13,15,17H,9-11H2,1-3H3. The number of hydrogen-bond acceptors (Lipinski definition) is 2. The van der Waals surface area contributed by atoms with E-state index in [1.165, 1.54) is 0 Å². The zero-order valence-electron chi connectivity index (χ0n) is 12.3. The molecule has 0 amide bonds. The van der Waals surface area contributed by atoms with Crippen molar-refractivity contribution in [2.24, 2.45) is 5.92 Å². The van der Waals surface area contributed by atoms with Gasteiger partial charge in [0.05, 0.1) is 5.75 Å². The molecule has 114 valence electrons. The van der Waals surface area contributed by atoms with Crippen LogP contribution >= 0.6 is 15.9 Å². The molecule has 0 aromatic heterocycles. The maximum absolute atomic E-state index is 12.2. The smallest absolute Gasteiger partial charge is 0.212 e. The lowest BCUT2D eigenvalue weighted by Gasteiger charge is -2.20. The molecule has 1 aromatic carbocycles. The number of nitrogens with one attached hydrogen (secondary N) is 1. The highest BCUT2D eigenvalue weighted by Gasteiger charge is 2.21. The normalized spacial score (nSPS) is 15.2. The zero-order chi connectivity index (χ0) is 15.2. The Labute approximate surface area is 131 Å². The quantitative estimate of drug-likeness (QED) is 0.720. The molecule has 0 aliphatic rings. The Morgan fingerprint density at radius 2 is 1.75 bits per heavy atom. The summed E-state index contributed by atoms with van der Waals surface area (Å²) in [6.45, 7) is 6.13. The molecule has 2 atom stereocenters. The molecule has 20 heavy (non-hydrogen) atoms. The van der Waals surface area contributed by atoms with Crippen molar-refractivity contribution in [3.05, 3.63) is 35.9 Å². The predicted molar refractivity (Wildman–Crippen MR) is 88.8 cm³/mol. The number of benzene rings is 1. The van der Waals surface area contributed by atoms with E-state index in [0.29, 0.717) is 11.2 Å². The van der Waals surface area contributed by atoms with Gasteiger partial charge >= 0.3 is 0 Å². The average molecular weight is 362 g/mol. The van der Waals surface area contributed by atoms with Crippen molar-refractivity contribution in [3.63, 3.8) is 0 Å². The highest BCUT2D eigenvalue weighted by Crippen LogP contribution is 2.17. The van der Waals surface area contributed by atoms with Gasteiger partial charge in [-0.05, 0) is 23.8 Å². The Kier molecular flexibility index (Phi) is 7.20. The van der Waals surface area contributed by atoms with Gasteiger partial charge in [-0.25, -0.2) is 13.1 Å². The van der Waals surface area contributed by atoms with E-state index in [0.717, 1.165) is 12.0 Å². The molecule has 3 nitrogen and oxygen atoms in total. The molecule has 0 radical (unpaired) electrons. The molecular weight excluding hydrogens is 338 g/mol. The third-order valence-corrected chi connectivity index (χ3v) is 5.54. The van der Waals surface area contributed by atoms with E-state index in [9.17, 15) is 8.42 Å². The van der Waals surface area contributed by atoms with Gasteiger partial charge in [0.25, 0.3) is 0 Å². The van der Waals surface area contributed by atoms with E-state index >= 15 is 0 Å². The van der Waals surface area contributed by atoms with Crippen molar-refractivity contribution in [1.82, 2.24) is 4.72 Å². The molecule has 5 heteroatoms. The SMILES string of the molecule is CC(C)CC(CBr)NS(=O)(=O)CC(C)c1ccccc1. The molecule has 0 spiro atoms. The number of halogens is 1. The summed E-state index contributed by atoms with van der Waals surface area (Å²) in [5.74, 6) is 0.578. The van der Waals surface area contributed by atoms with Gasteiger partial charge in [-0.2, -0.15) is 0 Å². The van der Waals surface area contributed by atoms with Crippen LogP contribution in [0.25, 0.3) is 0 Å². The number of rotatable bonds is 8. The first-order valence-electron chi connectivity index (χ1n) is 6.95. The van der Waals surface area contributed by atoms with Gasteiger partial charge in [0.1, 0.15) is 0 Å². The first-order chi connectivity index (χ1) is 9.34. The lowest BCUT2D eigenvalue weighted by molar-refractivity contribution is 0.487. The largest absolute Gasteiger partial charge is 0.212 e. The van der Waals surface area contributed by atoms with Gasteiger partial charge in [-0.3, -0.25) is 0 Å². The summed E-state index contributed by atoms with van der Waals surface area (Å²) in [5, 5.41) is 0.643. The summed E-state index contributed by atoms with van der Waals surface area (Å²) in [5.41, 5.74) is 1.05. The summed E-state index contributed by atoms with van der Waals surface area (Å²) < 4.78 is 27.3. The first-order valence-corrected chi connectivity index (χ1v) is 9.72. The van der Waals surface area contributed by atoms with E-state index in [1.54, 1.807) is 0 Å². The minimum absolute atomic E-state index is 0.0104. The van der Waals surface area contributed by atoms with Gasteiger partial charge in [0, 0.05) is 11.4 Å². The molecule has 0 bridgehead atoms. The van der Waals surface area contributed by atoms with Crippen molar-refractivity contribution in [3.8, 4) is 0 Å². The molecule has 0 aliphatic carbocycles. The molecule has 1 N–H and O–H groups in total. The van der Waals surface area contributed by atoms with Crippen LogP contribution in [0.4, 0.5) is 0 Å². The van der Waals surface area contributed by atoms with Crippen LogP contribution < -0.4 is 4.72 Å². The maximum Gasteiger partial charge on any atom is 0.212 e. The van der Waals surface area contributed by atoms with E-state index < -0.39 is 10.0 Å². The van der Waals surface area contributed by atoms with Crippen LogP contribution in [0.1, 0.15) is 38.7 Å². The molecular formula is C15H24BrNO2S. The van der Waals surface area contributed by atoms with Crippen LogP contribution in [-0.2, 0) is 10.0 Å². The molecule has 0 saturated heterocycles. The molecule has 0 aliphatic heterocycles. The second-order valence-corrected chi connectivity index (χ2v) is 8.14. The Morgan fingerprint density at radius 1 is 1.15 bits per heavy atom. The lowest BCUT2D eigenvalue weighted by Crippen LogP contribution is -2.39. The second-order valence-electron chi connectivity index (χ2n) is 5.69. The maximum atomic E-state index is 12.2. The van der Waals surface area contributed by atoms with E-state index in [-0.39, 0.29) is 17.7 Å². The van der Waals surface area contributed by atoms with Gasteiger partial charge in [-0.15, -0.1) is 0 Å². The number of hydrogen-bond donors (Lipinski definition) is 1. The highest BCUT2D eigenvalue weighted by molar-refractivity contribution is 9.09. The van der Waals surface area contributed by atoms with E-state index in [1.807, 2.05) is 37.3 Å². The van der Waals surface area contributed by atoms with Crippen LogP contribution in [0.15, 0.2) is 30.3 Å². The molecule has 0 heterocycles. The average Bonchev–Trinajstić information content (AvgIpc) is 2.37. The fourth-order valence-corrected chi connectivity index (χ4v) is 4.50. The van der Waals surface area contributed by atoms with Crippen LogP contribution in [0.2, 0.25) is 0 Å². The van der Waals surface area contributed by atoms with Crippen molar-refractivity contribution >= 4 is 26.0 Å². The Bertz CT molecular complexity index is 488. The fourth-order valence-electron chi connectivity index (χ4n) is 2.22. The second kappa shape index (κ2) is 8.15. The molecule has 0 fully saturated rings. The number of sulfonamides is 1. The lowest BCUT2D eigenvalue weighted by atomic mass is 10.0. The van der Waals surface area contributed by atoms with Crippen molar-refractivity contribution < 1.29 is 8.42 Å². The summed E-state index contributed by atoms with van der Waals surface area (Å²) in [4.78, 5) is 0. The van der Waals surface area contributed by atoms with Gasteiger partial charge in [0.2, 0.25) is 10.0 Å². The van der Waals surface area contributed by atoms with Crippen LogP contribution in [-0.4, -0.2) is 25.5 Å². The minimum Gasteiger partial charge on any atom is -0.212 e. The third-order valence-electron chi connectivity index (χ3n) is 3.13. The Balaban J connectivity index is 2.65. The topological polar surface area (TPSA) is 46.2 Å². The molecule has 1 rings (SSSR count). The predicted octanol–water partition coefficient (Wildman–Crippen LogP) is 3.52. The van der Waals surface area contributed by atoms with Crippen LogP contribution in [0.5, 0.6) is 0 Å². The van der Waals surface area contributed by atoms with E-state index in [4.69, 9.17) is 0 Å². The van der Waals surface area contributed by atoms with Gasteiger partial charge < -0.3 is 0 Å². The summed E-state index contributed by atoms with van der Waals surface area (Å²) in [6, 6.07) is 9.71. The summed E-state index contributed by atoms with van der Waals surface area (Å²) >= 11 is 3.38. The van der Waals surface area contributed by atoms with Crippen LogP contribution in [0.3, 0.4) is 0 Å². The van der Waals surface area contributed by atoms with Crippen molar-refractivity contribution in [2.45, 2.75) is 39.2 Å². The fraction of sp³-hybridized carbons (Fsp3) is 0.600. The minimum atomic E-state index is -3.27. The van der Waals surface area contributed by atoms with Crippen molar-refractivity contribution in [2.75, 3.05) is 11.1 Å². The molecule has 1 aromatic rings.